The van der Waals surface area contributed by atoms with Gasteiger partial charge in [-0.05, 0) is 40.1 Å². The predicted octanol–water partition coefficient (Wildman–Crippen LogP) is 1.08. The number of nitrogens with zero attached hydrogens (tertiary/aromatic N) is 3. The number of pyridine rings is 1. The fourth-order valence-electron chi connectivity index (χ4n) is 2.00. The highest BCUT2D eigenvalue weighted by atomic mass is 16.2. The molecule has 0 aromatic carbocycles. The number of carbonyl (C=O) groups is 1. The van der Waals surface area contributed by atoms with Crippen molar-refractivity contribution in [3.8, 4) is 0 Å². The first-order valence-corrected chi connectivity index (χ1v) is 6.14. The number of hydrogen-bond donors (Lipinski definition) is 1. The van der Waals surface area contributed by atoms with Crippen molar-refractivity contribution in [1.82, 2.24) is 14.8 Å². The molecule has 1 atom stereocenters. The number of carbonyl (C=O) groups excluding carboxylic acids is 1. The van der Waals surface area contributed by atoms with Crippen LogP contribution in [0.1, 0.15) is 24.3 Å². The van der Waals surface area contributed by atoms with Crippen LogP contribution in [0.25, 0.3) is 0 Å². The second-order valence-corrected chi connectivity index (χ2v) is 4.65. The smallest absolute Gasteiger partial charge is 0.272 e. The maximum atomic E-state index is 12.3. The number of rotatable bonds is 5. The summed E-state index contributed by atoms with van der Waals surface area (Å²) in [5.74, 6) is 0.302. The van der Waals surface area contributed by atoms with Crippen LogP contribution in [-0.2, 0) is 0 Å². The van der Waals surface area contributed by atoms with Crippen molar-refractivity contribution in [1.29, 1.82) is 0 Å². The summed E-state index contributed by atoms with van der Waals surface area (Å²) in [6.45, 7) is 5.48. The Morgan fingerprint density at radius 3 is 2.61 bits per heavy atom. The minimum atomic E-state index is -0.0702. The summed E-state index contributed by atoms with van der Waals surface area (Å²) in [5, 5.41) is 0. The van der Waals surface area contributed by atoms with Crippen LogP contribution in [0, 0.1) is 0 Å². The monoisotopic (exact) mass is 250 g/mol. The summed E-state index contributed by atoms with van der Waals surface area (Å²) in [7, 11) is 3.99. The zero-order valence-corrected chi connectivity index (χ0v) is 11.6. The second-order valence-electron chi connectivity index (χ2n) is 4.65. The van der Waals surface area contributed by atoms with E-state index in [1.165, 1.54) is 0 Å². The van der Waals surface area contributed by atoms with Gasteiger partial charge in [0.2, 0.25) is 0 Å². The van der Waals surface area contributed by atoms with E-state index in [-0.39, 0.29) is 11.9 Å². The molecule has 0 aliphatic carbocycles. The van der Waals surface area contributed by atoms with E-state index in [2.05, 4.69) is 9.88 Å². The van der Waals surface area contributed by atoms with Gasteiger partial charge in [-0.15, -0.1) is 0 Å². The zero-order valence-electron chi connectivity index (χ0n) is 11.6. The minimum absolute atomic E-state index is 0.0702. The average molecular weight is 250 g/mol. The van der Waals surface area contributed by atoms with Crippen molar-refractivity contribution in [2.45, 2.75) is 19.9 Å². The van der Waals surface area contributed by atoms with Gasteiger partial charge in [-0.3, -0.25) is 4.79 Å². The Morgan fingerprint density at radius 2 is 2.11 bits per heavy atom. The molecule has 0 radical (unpaired) electrons. The van der Waals surface area contributed by atoms with Gasteiger partial charge in [0.15, 0.2) is 0 Å². The van der Waals surface area contributed by atoms with E-state index < -0.39 is 0 Å². The third kappa shape index (κ3) is 3.70. The number of likely N-dealkylation sites (N-methyl/N-ethyl adjacent to an activating group) is 2. The van der Waals surface area contributed by atoms with Crippen LogP contribution in [0.2, 0.25) is 0 Å². The fourth-order valence-corrected chi connectivity index (χ4v) is 2.00. The highest BCUT2D eigenvalue weighted by Gasteiger charge is 2.21. The average Bonchev–Trinajstić information content (AvgIpc) is 2.28. The molecule has 0 saturated carbocycles. The molecule has 2 N–H and O–H groups in total. The Bertz CT molecular complexity index is 406. The van der Waals surface area contributed by atoms with E-state index in [1.807, 2.05) is 32.8 Å². The van der Waals surface area contributed by atoms with E-state index in [0.29, 0.717) is 18.1 Å². The molecule has 1 aromatic rings. The van der Waals surface area contributed by atoms with Crippen molar-refractivity contribution in [3.05, 3.63) is 23.9 Å². The molecule has 0 bridgehead atoms. The van der Waals surface area contributed by atoms with Gasteiger partial charge in [-0.1, -0.05) is 6.07 Å². The summed E-state index contributed by atoms with van der Waals surface area (Å²) in [6, 6.07) is 5.26. The molecule has 5 heteroatoms. The maximum Gasteiger partial charge on any atom is 0.272 e. The summed E-state index contributed by atoms with van der Waals surface area (Å²) in [4.78, 5) is 20.3. The SMILES string of the molecule is CCN(C(=O)c1cccc(N)n1)C(C)CN(C)C. The van der Waals surface area contributed by atoms with Gasteiger partial charge in [0, 0.05) is 19.1 Å². The van der Waals surface area contributed by atoms with Gasteiger partial charge >= 0.3 is 0 Å². The number of nitrogen functional groups attached to an aromatic ring is 1. The Balaban J connectivity index is 2.85. The lowest BCUT2D eigenvalue weighted by Crippen LogP contribution is -2.44. The molecule has 1 amide bonds. The molecule has 1 unspecified atom stereocenters. The van der Waals surface area contributed by atoms with E-state index >= 15 is 0 Å². The number of amides is 1. The topological polar surface area (TPSA) is 62.5 Å². The fraction of sp³-hybridized carbons (Fsp3) is 0.538. The Morgan fingerprint density at radius 1 is 1.44 bits per heavy atom. The molecule has 0 fully saturated rings. The molecule has 0 aliphatic heterocycles. The van der Waals surface area contributed by atoms with E-state index in [9.17, 15) is 4.79 Å². The standard InChI is InChI=1S/C13H22N4O/c1-5-17(10(2)9-16(3)4)13(18)11-7-6-8-12(14)15-11/h6-8,10H,5,9H2,1-4H3,(H2,14,15). The molecule has 18 heavy (non-hydrogen) atoms. The molecule has 0 spiro atoms. The quantitative estimate of drug-likeness (QED) is 0.849. The summed E-state index contributed by atoms with van der Waals surface area (Å²) < 4.78 is 0. The summed E-state index contributed by atoms with van der Waals surface area (Å²) >= 11 is 0. The minimum Gasteiger partial charge on any atom is -0.384 e. The number of hydrogen-bond acceptors (Lipinski definition) is 4. The molecular weight excluding hydrogens is 228 g/mol. The molecular formula is C13H22N4O. The Kier molecular flexibility index (Phi) is 5.09. The third-order valence-electron chi connectivity index (χ3n) is 2.75. The normalized spacial score (nSPS) is 12.5. The highest BCUT2D eigenvalue weighted by Crippen LogP contribution is 2.08. The third-order valence-corrected chi connectivity index (χ3v) is 2.75. The van der Waals surface area contributed by atoms with Crippen LogP contribution in [-0.4, -0.2) is 53.9 Å². The lowest BCUT2D eigenvalue weighted by molar-refractivity contribution is 0.0673. The van der Waals surface area contributed by atoms with Crippen molar-refractivity contribution in [2.75, 3.05) is 32.9 Å². The predicted molar refractivity (Wildman–Crippen MR) is 73.4 cm³/mol. The molecule has 0 aliphatic rings. The van der Waals surface area contributed by atoms with Gasteiger partial charge in [-0.2, -0.15) is 0 Å². The van der Waals surface area contributed by atoms with E-state index in [4.69, 9.17) is 5.73 Å². The van der Waals surface area contributed by atoms with Crippen LogP contribution in [0.3, 0.4) is 0 Å². The largest absolute Gasteiger partial charge is 0.384 e. The van der Waals surface area contributed by atoms with Crippen molar-refractivity contribution >= 4 is 11.7 Å². The summed E-state index contributed by atoms with van der Waals surface area (Å²) in [6.07, 6.45) is 0. The van der Waals surface area contributed by atoms with Crippen molar-refractivity contribution in [2.24, 2.45) is 0 Å². The molecule has 100 valence electrons. The lowest BCUT2D eigenvalue weighted by atomic mass is 10.2. The van der Waals surface area contributed by atoms with Gasteiger partial charge in [0.1, 0.15) is 11.5 Å². The molecule has 1 rings (SSSR count). The Labute approximate surface area is 109 Å². The molecule has 1 heterocycles. The van der Waals surface area contributed by atoms with Gasteiger partial charge in [0.25, 0.3) is 5.91 Å². The zero-order chi connectivity index (χ0) is 13.7. The Hall–Kier alpha value is -1.62. The van der Waals surface area contributed by atoms with Crippen molar-refractivity contribution < 1.29 is 4.79 Å². The number of anilines is 1. The highest BCUT2D eigenvalue weighted by molar-refractivity contribution is 5.92. The van der Waals surface area contributed by atoms with Crippen LogP contribution >= 0.6 is 0 Å². The van der Waals surface area contributed by atoms with Crippen LogP contribution in [0.15, 0.2) is 18.2 Å². The van der Waals surface area contributed by atoms with Gasteiger partial charge < -0.3 is 15.5 Å². The lowest BCUT2D eigenvalue weighted by Gasteiger charge is -2.29. The first kappa shape index (κ1) is 14.4. The van der Waals surface area contributed by atoms with Crippen LogP contribution in [0.5, 0.6) is 0 Å². The molecule has 5 nitrogen and oxygen atoms in total. The first-order chi connectivity index (χ1) is 8.45. The number of nitrogens with two attached hydrogens (primary N) is 1. The maximum absolute atomic E-state index is 12.3. The molecule has 1 aromatic heterocycles. The number of aromatic nitrogens is 1. The van der Waals surface area contributed by atoms with Crippen LogP contribution in [0.4, 0.5) is 5.82 Å². The van der Waals surface area contributed by atoms with E-state index in [0.717, 1.165) is 6.54 Å². The first-order valence-electron chi connectivity index (χ1n) is 6.14. The van der Waals surface area contributed by atoms with Crippen LogP contribution < -0.4 is 5.73 Å². The second kappa shape index (κ2) is 6.35. The molecule has 0 saturated heterocycles. The van der Waals surface area contributed by atoms with Crippen molar-refractivity contribution in [3.63, 3.8) is 0 Å². The van der Waals surface area contributed by atoms with E-state index in [1.54, 1.807) is 18.2 Å². The van der Waals surface area contributed by atoms with Gasteiger partial charge in [-0.25, -0.2) is 4.98 Å². The van der Waals surface area contributed by atoms with Gasteiger partial charge in [0.05, 0.1) is 0 Å². The summed E-state index contributed by atoms with van der Waals surface area (Å²) in [5.41, 5.74) is 6.01.